The Hall–Kier alpha value is -2.33. The number of hydrogen-bond acceptors (Lipinski definition) is 2. The number of benzene rings is 2. The minimum absolute atomic E-state index is 0.126. The molecule has 23 heavy (non-hydrogen) atoms. The molecule has 2 aliphatic rings. The predicted molar refractivity (Wildman–Crippen MR) is 90.5 cm³/mol. The summed E-state index contributed by atoms with van der Waals surface area (Å²) in [6.07, 6.45) is 2.15. The number of anilines is 1. The Morgan fingerprint density at radius 3 is 2.83 bits per heavy atom. The molecule has 0 bridgehead atoms. The van der Waals surface area contributed by atoms with Crippen molar-refractivity contribution >= 4 is 11.7 Å². The van der Waals surface area contributed by atoms with Gasteiger partial charge in [0.05, 0.1) is 6.10 Å². The third kappa shape index (κ3) is 2.70. The maximum atomic E-state index is 12.3. The number of amides is 2. The van der Waals surface area contributed by atoms with Crippen LogP contribution < -0.4 is 5.32 Å². The predicted octanol–water partition coefficient (Wildman–Crippen LogP) is 3.25. The van der Waals surface area contributed by atoms with Crippen molar-refractivity contribution in [2.24, 2.45) is 0 Å². The number of β-amino-alcohol motifs (C(OH)–C–C–N with tert-alkyl or cyclic N) is 1. The van der Waals surface area contributed by atoms with Gasteiger partial charge in [-0.05, 0) is 53.6 Å². The molecule has 0 aromatic heterocycles. The molecular formula is C19H20N2O2. The van der Waals surface area contributed by atoms with Crippen LogP contribution in [0.25, 0.3) is 11.1 Å². The first-order valence-corrected chi connectivity index (χ1v) is 8.16. The molecule has 0 saturated carbocycles. The summed E-state index contributed by atoms with van der Waals surface area (Å²) in [6.45, 7) is 1.13. The van der Waals surface area contributed by atoms with Gasteiger partial charge in [0, 0.05) is 18.8 Å². The van der Waals surface area contributed by atoms with Crippen LogP contribution in [0.5, 0.6) is 0 Å². The first-order valence-electron chi connectivity index (χ1n) is 8.16. The summed E-state index contributed by atoms with van der Waals surface area (Å²) in [6, 6.07) is 14.4. The van der Waals surface area contributed by atoms with Crippen molar-refractivity contribution in [3.8, 4) is 11.1 Å². The second kappa shape index (κ2) is 5.70. The zero-order chi connectivity index (χ0) is 15.8. The van der Waals surface area contributed by atoms with Crippen LogP contribution in [0.15, 0.2) is 42.5 Å². The number of carbonyl (C=O) groups excluding carboxylic acids is 1. The van der Waals surface area contributed by atoms with E-state index in [0.29, 0.717) is 13.1 Å². The Labute approximate surface area is 135 Å². The molecule has 1 unspecified atom stereocenters. The third-order valence-electron chi connectivity index (χ3n) is 4.73. The lowest BCUT2D eigenvalue weighted by Gasteiger charge is -2.30. The summed E-state index contributed by atoms with van der Waals surface area (Å²) in [5, 5.41) is 12.7. The second-order valence-corrected chi connectivity index (χ2v) is 6.38. The molecule has 1 aliphatic heterocycles. The number of nitrogens with zero attached hydrogens (tertiary/aromatic N) is 1. The Kier molecular flexibility index (Phi) is 3.54. The lowest BCUT2D eigenvalue weighted by atomic mass is 10.1. The first-order chi connectivity index (χ1) is 11.2. The van der Waals surface area contributed by atoms with Gasteiger partial charge in [0.2, 0.25) is 0 Å². The Bertz CT molecular complexity index is 757. The largest absolute Gasteiger partial charge is 0.391 e. The SMILES string of the molecule is O=C(Nc1ccc2c(c1)Cc1ccccc1-2)N1CCCC(O)C1. The number of rotatable bonds is 1. The molecule has 2 aromatic carbocycles. The summed E-state index contributed by atoms with van der Waals surface area (Å²) in [7, 11) is 0. The molecule has 0 radical (unpaired) electrons. The van der Waals surface area contributed by atoms with Gasteiger partial charge in [-0.3, -0.25) is 0 Å². The van der Waals surface area contributed by atoms with E-state index in [1.807, 2.05) is 6.07 Å². The molecule has 2 amide bonds. The Morgan fingerprint density at radius 1 is 1.13 bits per heavy atom. The van der Waals surface area contributed by atoms with Crippen molar-refractivity contribution in [3.05, 3.63) is 53.6 Å². The quantitative estimate of drug-likeness (QED) is 0.725. The van der Waals surface area contributed by atoms with Crippen molar-refractivity contribution in [1.82, 2.24) is 4.90 Å². The van der Waals surface area contributed by atoms with E-state index in [4.69, 9.17) is 0 Å². The average molecular weight is 308 g/mol. The number of aliphatic hydroxyl groups excluding tert-OH is 1. The highest BCUT2D eigenvalue weighted by molar-refractivity contribution is 5.90. The molecule has 0 spiro atoms. The van der Waals surface area contributed by atoms with Gasteiger partial charge in [0.15, 0.2) is 0 Å². The summed E-state index contributed by atoms with van der Waals surface area (Å²) < 4.78 is 0. The van der Waals surface area contributed by atoms with Crippen molar-refractivity contribution in [3.63, 3.8) is 0 Å². The van der Waals surface area contributed by atoms with Crippen molar-refractivity contribution in [2.75, 3.05) is 18.4 Å². The second-order valence-electron chi connectivity index (χ2n) is 6.38. The normalized spacial score (nSPS) is 19.2. The lowest BCUT2D eigenvalue weighted by molar-refractivity contribution is 0.0883. The molecule has 4 heteroatoms. The maximum Gasteiger partial charge on any atom is 0.321 e. The molecule has 2 N–H and O–H groups in total. The number of carbonyl (C=O) groups is 1. The van der Waals surface area contributed by atoms with Gasteiger partial charge in [-0.25, -0.2) is 4.79 Å². The van der Waals surface area contributed by atoms with Crippen LogP contribution in [0, 0.1) is 0 Å². The van der Waals surface area contributed by atoms with Crippen LogP contribution in [0.1, 0.15) is 24.0 Å². The van der Waals surface area contributed by atoms with E-state index in [2.05, 4.69) is 41.7 Å². The summed E-state index contributed by atoms with van der Waals surface area (Å²) >= 11 is 0. The first kappa shape index (κ1) is 14.3. The van der Waals surface area contributed by atoms with E-state index < -0.39 is 6.10 Å². The van der Waals surface area contributed by atoms with Gasteiger partial charge in [-0.1, -0.05) is 30.3 Å². The topological polar surface area (TPSA) is 52.6 Å². The van der Waals surface area contributed by atoms with Gasteiger partial charge in [-0.2, -0.15) is 0 Å². The number of hydrogen-bond donors (Lipinski definition) is 2. The van der Waals surface area contributed by atoms with Gasteiger partial charge < -0.3 is 15.3 Å². The average Bonchev–Trinajstić information content (AvgIpc) is 2.92. The van der Waals surface area contributed by atoms with Crippen molar-refractivity contribution in [2.45, 2.75) is 25.4 Å². The molecule has 1 aliphatic carbocycles. The molecule has 1 saturated heterocycles. The summed E-state index contributed by atoms with van der Waals surface area (Å²) in [5.74, 6) is 0. The minimum atomic E-state index is -0.399. The highest BCUT2D eigenvalue weighted by Crippen LogP contribution is 2.37. The van der Waals surface area contributed by atoms with Crippen LogP contribution in [0.3, 0.4) is 0 Å². The molecule has 2 aromatic rings. The van der Waals surface area contributed by atoms with Crippen LogP contribution in [0.2, 0.25) is 0 Å². The maximum absolute atomic E-state index is 12.3. The van der Waals surface area contributed by atoms with E-state index >= 15 is 0 Å². The summed E-state index contributed by atoms with van der Waals surface area (Å²) in [4.78, 5) is 14.0. The fourth-order valence-corrected chi connectivity index (χ4v) is 3.56. The standard InChI is InChI=1S/C19H20N2O2/c22-16-5-3-9-21(12-16)19(23)20-15-7-8-18-14(11-15)10-13-4-1-2-6-17(13)18/h1-2,4,6-8,11,16,22H,3,5,9-10,12H2,(H,20,23). The highest BCUT2D eigenvalue weighted by atomic mass is 16.3. The van der Waals surface area contributed by atoms with Crippen LogP contribution >= 0.6 is 0 Å². The lowest BCUT2D eigenvalue weighted by Crippen LogP contribution is -2.44. The molecule has 1 heterocycles. The monoisotopic (exact) mass is 308 g/mol. The van der Waals surface area contributed by atoms with E-state index in [-0.39, 0.29) is 6.03 Å². The van der Waals surface area contributed by atoms with Crippen LogP contribution in [-0.2, 0) is 6.42 Å². The van der Waals surface area contributed by atoms with Crippen molar-refractivity contribution < 1.29 is 9.90 Å². The number of urea groups is 1. The van der Waals surface area contributed by atoms with Crippen LogP contribution in [-0.4, -0.2) is 35.2 Å². The van der Waals surface area contributed by atoms with Gasteiger partial charge >= 0.3 is 6.03 Å². The molecule has 4 rings (SSSR count). The Morgan fingerprint density at radius 2 is 1.96 bits per heavy atom. The molecule has 4 nitrogen and oxygen atoms in total. The third-order valence-corrected chi connectivity index (χ3v) is 4.73. The number of fused-ring (bicyclic) bond motifs is 3. The Balaban J connectivity index is 1.51. The summed E-state index contributed by atoms with van der Waals surface area (Å²) in [5.41, 5.74) is 5.96. The van der Waals surface area contributed by atoms with E-state index in [1.165, 1.54) is 22.3 Å². The fraction of sp³-hybridized carbons (Fsp3) is 0.316. The van der Waals surface area contributed by atoms with Gasteiger partial charge in [0.1, 0.15) is 0 Å². The number of likely N-dealkylation sites (tertiary alicyclic amines) is 1. The van der Waals surface area contributed by atoms with E-state index in [9.17, 15) is 9.90 Å². The molecule has 1 fully saturated rings. The number of aliphatic hydroxyl groups is 1. The van der Waals surface area contributed by atoms with E-state index in [1.54, 1.807) is 4.90 Å². The van der Waals surface area contributed by atoms with Crippen LogP contribution in [0.4, 0.5) is 10.5 Å². The molecular weight excluding hydrogens is 288 g/mol. The zero-order valence-corrected chi connectivity index (χ0v) is 13.0. The van der Waals surface area contributed by atoms with Gasteiger partial charge in [-0.15, -0.1) is 0 Å². The zero-order valence-electron chi connectivity index (χ0n) is 13.0. The fourth-order valence-electron chi connectivity index (χ4n) is 3.56. The van der Waals surface area contributed by atoms with Crippen molar-refractivity contribution in [1.29, 1.82) is 0 Å². The molecule has 1 atom stereocenters. The van der Waals surface area contributed by atoms with E-state index in [0.717, 1.165) is 24.9 Å². The smallest absolute Gasteiger partial charge is 0.321 e. The minimum Gasteiger partial charge on any atom is -0.391 e. The highest BCUT2D eigenvalue weighted by Gasteiger charge is 2.23. The number of nitrogens with one attached hydrogen (secondary N) is 1. The molecule has 118 valence electrons. The van der Waals surface area contributed by atoms with Gasteiger partial charge in [0.25, 0.3) is 0 Å². The number of piperidine rings is 1.